The van der Waals surface area contributed by atoms with Crippen LogP contribution in [0.5, 0.6) is 0 Å². The third kappa shape index (κ3) is 6.27. The molecule has 3 aliphatic heterocycles. The summed E-state index contributed by atoms with van der Waals surface area (Å²) in [5, 5.41) is 9.16. The smallest absolute Gasteiger partial charge is 0.237 e. The van der Waals surface area contributed by atoms with Gasteiger partial charge in [0.1, 0.15) is 11.4 Å². The monoisotopic (exact) mass is 486 g/mol. The molecule has 0 aromatic rings. The minimum Gasteiger partial charge on any atom is -0.355 e. The fourth-order valence-corrected chi connectivity index (χ4v) is 8.52. The normalized spacial score (nSPS) is 36.4. The Kier molecular flexibility index (Phi) is 8.68. The van der Waals surface area contributed by atoms with Crippen LogP contribution in [-0.2, 0) is 14.8 Å². The van der Waals surface area contributed by atoms with Gasteiger partial charge in [-0.25, -0.2) is 17.1 Å². The summed E-state index contributed by atoms with van der Waals surface area (Å²) in [6.07, 6.45) is 7.17. The zero-order chi connectivity index (χ0) is 23.4. The van der Waals surface area contributed by atoms with Gasteiger partial charge in [0.25, 0.3) is 0 Å². The van der Waals surface area contributed by atoms with Gasteiger partial charge in [-0.15, -0.1) is 0 Å². The molecule has 4 aliphatic rings. The molecule has 0 radical (unpaired) electrons. The Morgan fingerprint density at radius 1 is 1.09 bits per heavy atom. The second kappa shape index (κ2) is 11.3. The lowest BCUT2D eigenvalue weighted by atomic mass is 9.89. The van der Waals surface area contributed by atoms with E-state index in [2.05, 4.69) is 16.0 Å². The SMILES string of the molecule is CC1CCC(F)C(S(=O)(=O)N2CCC(CCCCNC(=O)C3CC4CNCCC4N3)CC2)C1. The van der Waals surface area contributed by atoms with Crippen molar-refractivity contribution in [2.24, 2.45) is 17.8 Å². The maximum Gasteiger partial charge on any atom is 0.237 e. The summed E-state index contributed by atoms with van der Waals surface area (Å²) in [6.45, 7) is 5.81. The van der Waals surface area contributed by atoms with Crippen LogP contribution in [0.4, 0.5) is 4.39 Å². The van der Waals surface area contributed by atoms with Crippen molar-refractivity contribution in [2.75, 3.05) is 32.7 Å². The number of halogens is 1. The van der Waals surface area contributed by atoms with E-state index in [0.29, 0.717) is 50.4 Å². The fourth-order valence-electron chi connectivity index (χ4n) is 6.34. The number of carbonyl (C=O) groups excluding carboxylic acids is 1. The molecule has 1 aliphatic carbocycles. The van der Waals surface area contributed by atoms with E-state index in [0.717, 1.165) is 64.5 Å². The topological polar surface area (TPSA) is 90.5 Å². The Hall–Kier alpha value is -0.770. The van der Waals surface area contributed by atoms with Crippen molar-refractivity contribution in [3.05, 3.63) is 0 Å². The van der Waals surface area contributed by atoms with Crippen molar-refractivity contribution in [3.8, 4) is 0 Å². The second-order valence-corrected chi connectivity index (χ2v) is 13.1. The molecular weight excluding hydrogens is 443 g/mol. The zero-order valence-corrected chi connectivity index (χ0v) is 20.9. The summed E-state index contributed by atoms with van der Waals surface area (Å²) in [5.41, 5.74) is 0. The first-order valence-corrected chi connectivity index (χ1v) is 14.7. The second-order valence-electron chi connectivity index (χ2n) is 11.0. The van der Waals surface area contributed by atoms with Crippen LogP contribution in [0.2, 0.25) is 0 Å². The number of nitrogens with zero attached hydrogens (tertiary/aromatic N) is 1. The van der Waals surface area contributed by atoms with E-state index in [4.69, 9.17) is 0 Å². The van der Waals surface area contributed by atoms with E-state index in [1.807, 2.05) is 6.92 Å². The average Bonchev–Trinajstić information content (AvgIpc) is 3.25. The Morgan fingerprint density at radius 3 is 2.64 bits per heavy atom. The molecule has 6 unspecified atom stereocenters. The largest absolute Gasteiger partial charge is 0.355 e. The molecule has 1 amide bonds. The summed E-state index contributed by atoms with van der Waals surface area (Å²) in [5.74, 6) is 1.50. The fraction of sp³-hybridized carbons (Fsp3) is 0.958. The molecule has 3 N–H and O–H groups in total. The maximum atomic E-state index is 14.4. The Balaban J connectivity index is 1.10. The molecule has 1 saturated carbocycles. The van der Waals surface area contributed by atoms with Crippen molar-refractivity contribution in [2.45, 2.75) is 94.6 Å². The van der Waals surface area contributed by atoms with Crippen LogP contribution < -0.4 is 16.0 Å². The summed E-state index contributed by atoms with van der Waals surface area (Å²) >= 11 is 0. The number of piperidine rings is 2. The number of fused-ring (bicyclic) bond motifs is 1. The van der Waals surface area contributed by atoms with Crippen molar-refractivity contribution in [3.63, 3.8) is 0 Å². The van der Waals surface area contributed by atoms with Crippen LogP contribution >= 0.6 is 0 Å². The molecule has 190 valence electrons. The number of hydrogen-bond donors (Lipinski definition) is 3. The summed E-state index contributed by atoms with van der Waals surface area (Å²) < 4.78 is 41.9. The number of hydrogen-bond acceptors (Lipinski definition) is 5. The molecular formula is C24H43FN4O3S. The van der Waals surface area contributed by atoms with Crippen molar-refractivity contribution >= 4 is 15.9 Å². The van der Waals surface area contributed by atoms with E-state index in [9.17, 15) is 17.6 Å². The van der Waals surface area contributed by atoms with Crippen LogP contribution in [-0.4, -0.2) is 74.9 Å². The van der Waals surface area contributed by atoms with Gasteiger partial charge >= 0.3 is 0 Å². The highest BCUT2D eigenvalue weighted by Gasteiger charge is 2.42. The Labute approximate surface area is 199 Å². The highest BCUT2D eigenvalue weighted by Crippen LogP contribution is 2.34. The number of rotatable bonds is 8. The van der Waals surface area contributed by atoms with Crippen molar-refractivity contribution in [1.29, 1.82) is 0 Å². The van der Waals surface area contributed by atoms with E-state index in [1.165, 1.54) is 0 Å². The summed E-state index contributed by atoms with van der Waals surface area (Å²) in [7, 11) is -3.54. The maximum absolute atomic E-state index is 14.4. The van der Waals surface area contributed by atoms with E-state index >= 15 is 0 Å². The number of alkyl halides is 1. The molecule has 0 bridgehead atoms. The lowest BCUT2D eigenvalue weighted by molar-refractivity contribution is -0.122. The van der Waals surface area contributed by atoms with Gasteiger partial charge in [-0.3, -0.25) is 4.79 Å². The third-order valence-electron chi connectivity index (χ3n) is 8.51. The first kappa shape index (κ1) is 25.3. The van der Waals surface area contributed by atoms with Gasteiger partial charge in [0.05, 0.1) is 6.04 Å². The molecule has 9 heteroatoms. The highest BCUT2D eigenvalue weighted by molar-refractivity contribution is 7.89. The van der Waals surface area contributed by atoms with Gasteiger partial charge in [-0.05, 0) is 82.2 Å². The van der Waals surface area contributed by atoms with E-state index in [-0.39, 0.29) is 17.9 Å². The van der Waals surface area contributed by atoms with E-state index < -0.39 is 21.4 Å². The molecule has 7 nitrogen and oxygen atoms in total. The number of nitrogens with one attached hydrogen (secondary N) is 3. The molecule has 3 heterocycles. The molecule has 33 heavy (non-hydrogen) atoms. The molecule has 4 rings (SSSR count). The molecule has 3 saturated heterocycles. The highest BCUT2D eigenvalue weighted by atomic mass is 32.2. The van der Waals surface area contributed by atoms with Gasteiger partial charge in [0.15, 0.2) is 0 Å². The predicted molar refractivity (Wildman–Crippen MR) is 128 cm³/mol. The van der Waals surface area contributed by atoms with Crippen LogP contribution in [0.25, 0.3) is 0 Å². The van der Waals surface area contributed by atoms with Gasteiger partial charge in [0.2, 0.25) is 15.9 Å². The predicted octanol–water partition coefficient (Wildman–Crippen LogP) is 2.18. The van der Waals surface area contributed by atoms with Crippen LogP contribution in [0.3, 0.4) is 0 Å². The minimum atomic E-state index is -3.54. The van der Waals surface area contributed by atoms with Gasteiger partial charge < -0.3 is 16.0 Å². The lowest BCUT2D eigenvalue weighted by Crippen LogP contribution is -2.48. The quantitative estimate of drug-likeness (QED) is 0.458. The van der Waals surface area contributed by atoms with Gasteiger partial charge in [0, 0.05) is 25.7 Å². The van der Waals surface area contributed by atoms with Gasteiger partial charge in [-0.1, -0.05) is 19.8 Å². The third-order valence-corrected chi connectivity index (χ3v) is 10.8. The van der Waals surface area contributed by atoms with E-state index in [1.54, 1.807) is 4.31 Å². The standard InChI is InChI=1S/C24H43FN4O3S/c1-17-5-6-20(25)23(14-17)33(31,32)29-12-8-18(9-13-29)4-2-3-10-27-24(30)22-15-19-16-26-11-7-21(19)28-22/h17-23,26,28H,2-16H2,1H3,(H,27,30). The Bertz CT molecular complexity index is 745. The Morgan fingerprint density at radius 2 is 1.88 bits per heavy atom. The average molecular weight is 487 g/mol. The number of carbonyl (C=O) groups is 1. The van der Waals surface area contributed by atoms with Crippen LogP contribution in [0, 0.1) is 17.8 Å². The van der Waals surface area contributed by atoms with Crippen molar-refractivity contribution in [1.82, 2.24) is 20.3 Å². The first-order valence-electron chi connectivity index (χ1n) is 13.2. The molecule has 0 spiro atoms. The zero-order valence-electron chi connectivity index (χ0n) is 20.1. The molecule has 0 aromatic heterocycles. The van der Waals surface area contributed by atoms with Gasteiger partial charge in [-0.2, -0.15) is 0 Å². The lowest BCUT2D eigenvalue weighted by Gasteiger charge is -2.37. The van der Waals surface area contributed by atoms with Crippen LogP contribution in [0.1, 0.15) is 71.1 Å². The van der Waals surface area contributed by atoms with Crippen LogP contribution in [0.15, 0.2) is 0 Å². The first-order chi connectivity index (χ1) is 15.8. The molecule has 6 atom stereocenters. The van der Waals surface area contributed by atoms with Crippen molar-refractivity contribution < 1.29 is 17.6 Å². The number of amides is 1. The number of sulfonamides is 1. The minimum absolute atomic E-state index is 0.0535. The molecule has 0 aromatic carbocycles. The molecule has 4 fully saturated rings. The summed E-state index contributed by atoms with van der Waals surface area (Å²) in [4.78, 5) is 12.5. The number of unbranched alkanes of at least 4 members (excludes halogenated alkanes) is 1. The summed E-state index contributed by atoms with van der Waals surface area (Å²) in [6, 6.07) is 0.427.